The monoisotopic (exact) mass is 313 g/mol. The summed E-state index contributed by atoms with van der Waals surface area (Å²) in [5.74, 6) is 0.157. The van der Waals surface area contributed by atoms with E-state index in [9.17, 15) is 14.3 Å². The van der Waals surface area contributed by atoms with Gasteiger partial charge in [-0.1, -0.05) is 6.42 Å². The Labute approximate surface area is 132 Å². The van der Waals surface area contributed by atoms with Gasteiger partial charge in [0.15, 0.2) is 0 Å². The minimum Gasteiger partial charge on any atom is -0.478 e. The lowest BCUT2D eigenvalue weighted by Crippen LogP contribution is -2.08. The average Bonchev–Trinajstić information content (AvgIpc) is 2.96. The van der Waals surface area contributed by atoms with Gasteiger partial charge in [0, 0.05) is 23.5 Å². The molecule has 4 nitrogen and oxygen atoms in total. The molecule has 0 radical (unpaired) electrons. The van der Waals surface area contributed by atoms with E-state index in [0.717, 1.165) is 0 Å². The molecule has 0 aliphatic heterocycles. The van der Waals surface area contributed by atoms with Crippen LogP contribution in [0.15, 0.2) is 36.4 Å². The summed E-state index contributed by atoms with van der Waals surface area (Å²) >= 11 is 0. The third-order valence-corrected chi connectivity index (χ3v) is 4.77. The van der Waals surface area contributed by atoms with Gasteiger partial charge in [0.1, 0.15) is 11.9 Å². The number of aromatic nitrogens is 1. The van der Waals surface area contributed by atoms with Gasteiger partial charge >= 0.3 is 5.97 Å². The number of aromatic carboxylic acids is 1. The van der Waals surface area contributed by atoms with E-state index in [1.165, 1.54) is 43.5 Å². The van der Waals surface area contributed by atoms with Crippen LogP contribution in [0.2, 0.25) is 0 Å². The molecule has 2 aliphatic carbocycles. The minimum atomic E-state index is -1.03. The molecule has 2 saturated carbocycles. The SMILES string of the molecule is O=C(O)c1cc(O[C@H]2[C@@H]3CCC[C@@H]32)nc(-c2ccc(F)cc2)c1. The molecule has 1 aromatic carbocycles. The first-order valence-corrected chi connectivity index (χ1v) is 7.80. The van der Waals surface area contributed by atoms with E-state index >= 15 is 0 Å². The zero-order chi connectivity index (χ0) is 16.0. The van der Waals surface area contributed by atoms with Gasteiger partial charge in [-0.05, 0) is 43.2 Å². The molecule has 118 valence electrons. The predicted octanol–water partition coefficient (Wildman–Crippen LogP) is 3.76. The normalized spacial score (nSPS) is 25.0. The molecular weight excluding hydrogens is 297 g/mol. The fourth-order valence-corrected chi connectivity index (χ4v) is 3.53. The minimum absolute atomic E-state index is 0.125. The molecule has 0 amide bonds. The fourth-order valence-electron chi connectivity index (χ4n) is 3.53. The number of carboxylic acids is 1. The maximum absolute atomic E-state index is 13.1. The van der Waals surface area contributed by atoms with Crippen LogP contribution in [0.5, 0.6) is 5.88 Å². The van der Waals surface area contributed by atoms with E-state index in [1.54, 1.807) is 12.1 Å². The van der Waals surface area contributed by atoms with Crippen LogP contribution in [0.4, 0.5) is 4.39 Å². The summed E-state index contributed by atoms with van der Waals surface area (Å²) in [4.78, 5) is 15.8. The van der Waals surface area contributed by atoms with E-state index < -0.39 is 5.97 Å². The highest BCUT2D eigenvalue weighted by molar-refractivity contribution is 5.89. The molecule has 23 heavy (non-hydrogen) atoms. The summed E-state index contributed by atoms with van der Waals surface area (Å²) in [6.45, 7) is 0. The van der Waals surface area contributed by atoms with Gasteiger partial charge in [0.2, 0.25) is 5.88 Å². The quantitative estimate of drug-likeness (QED) is 0.933. The summed E-state index contributed by atoms with van der Waals surface area (Å²) < 4.78 is 19.0. The highest BCUT2D eigenvalue weighted by Crippen LogP contribution is 2.53. The van der Waals surface area contributed by atoms with Crippen molar-refractivity contribution in [1.29, 1.82) is 0 Å². The summed E-state index contributed by atoms with van der Waals surface area (Å²) in [6, 6.07) is 8.77. The van der Waals surface area contributed by atoms with Crippen molar-refractivity contribution in [3.63, 3.8) is 0 Å². The molecule has 0 spiro atoms. The van der Waals surface area contributed by atoms with Crippen LogP contribution in [-0.4, -0.2) is 22.2 Å². The molecular formula is C18H16FNO3. The van der Waals surface area contributed by atoms with Gasteiger partial charge in [0.05, 0.1) is 11.3 Å². The van der Waals surface area contributed by atoms with E-state index in [2.05, 4.69) is 4.98 Å². The van der Waals surface area contributed by atoms with Gasteiger partial charge in [-0.25, -0.2) is 14.2 Å². The molecule has 0 saturated heterocycles. The number of carboxylic acid groups (broad SMARTS) is 1. The van der Waals surface area contributed by atoms with E-state index in [1.807, 2.05) is 0 Å². The van der Waals surface area contributed by atoms with Crippen LogP contribution in [0.1, 0.15) is 29.6 Å². The highest BCUT2D eigenvalue weighted by Gasteiger charge is 2.55. The standard InChI is InChI=1S/C18H16FNO3/c19-12-6-4-10(5-7-12)15-8-11(18(21)22)9-16(20-15)23-17-13-2-1-3-14(13)17/h4-9,13-14,17H,1-3H2,(H,21,22)/t13-,14+,17+. The van der Waals surface area contributed by atoms with Crippen LogP contribution in [0, 0.1) is 17.7 Å². The van der Waals surface area contributed by atoms with Gasteiger partial charge in [0.25, 0.3) is 0 Å². The fraction of sp³-hybridized carbons (Fsp3) is 0.333. The first-order chi connectivity index (χ1) is 11.1. The van der Waals surface area contributed by atoms with Crippen molar-refractivity contribution < 1.29 is 19.0 Å². The number of rotatable bonds is 4. The third kappa shape index (κ3) is 2.67. The molecule has 1 N–H and O–H groups in total. The molecule has 1 aromatic heterocycles. The lowest BCUT2D eigenvalue weighted by Gasteiger charge is -2.10. The van der Waals surface area contributed by atoms with Gasteiger partial charge in [-0.3, -0.25) is 0 Å². The summed E-state index contributed by atoms with van der Waals surface area (Å²) in [6.07, 6.45) is 3.78. The Morgan fingerprint density at radius 1 is 1.17 bits per heavy atom. The van der Waals surface area contributed by atoms with Crippen molar-refractivity contribution in [2.24, 2.45) is 11.8 Å². The van der Waals surface area contributed by atoms with Gasteiger partial charge in [-0.15, -0.1) is 0 Å². The van der Waals surface area contributed by atoms with E-state index in [4.69, 9.17) is 4.74 Å². The predicted molar refractivity (Wildman–Crippen MR) is 81.8 cm³/mol. The molecule has 0 unspecified atom stereocenters. The highest BCUT2D eigenvalue weighted by atomic mass is 19.1. The van der Waals surface area contributed by atoms with E-state index in [0.29, 0.717) is 29.0 Å². The van der Waals surface area contributed by atoms with Crippen molar-refractivity contribution in [2.75, 3.05) is 0 Å². The molecule has 2 aliphatic rings. The van der Waals surface area contributed by atoms with Crippen molar-refractivity contribution in [3.05, 3.63) is 47.8 Å². The van der Waals surface area contributed by atoms with Crippen molar-refractivity contribution >= 4 is 5.97 Å². The molecule has 4 rings (SSSR count). The first-order valence-electron chi connectivity index (χ1n) is 7.80. The maximum atomic E-state index is 13.1. The number of halogens is 1. The first kappa shape index (κ1) is 14.2. The van der Waals surface area contributed by atoms with Crippen LogP contribution in [-0.2, 0) is 0 Å². The van der Waals surface area contributed by atoms with Crippen molar-refractivity contribution in [1.82, 2.24) is 4.98 Å². The Hall–Kier alpha value is -2.43. The number of benzene rings is 1. The van der Waals surface area contributed by atoms with Crippen LogP contribution >= 0.6 is 0 Å². The van der Waals surface area contributed by atoms with E-state index in [-0.39, 0.29) is 17.5 Å². The largest absolute Gasteiger partial charge is 0.478 e. The molecule has 1 heterocycles. The number of pyridine rings is 1. The topological polar surface area (TPSA) is 59.4 Å². The number of hydrogen-bond acceptors (Lipinski definition) is 3. The van der Waals surface area contributed by atoms with Crippen LogP contribution in [0.25, 0.3) is 11.3 Å². The second-order valence-corrected chi connectivity index (χ2v) is 6.23. The lowest BCUT2D eigenvalue weighted by atomic mass is 10.1. The number of nitrogens with zero attached hydrogens (tertiary/aromatic N) is 1. The maximum Gasteiger partial charge on any atom is 0.335 e. The summed E-state index contributed by atoms with van der Waals surface area (Å²) in [5, 5.41) is 9.29. The van der Waals surface area contributed by atoms with Crippen molar-refractivity contribution in [3.8, 4) is 17.1 Å². The molecule has 2 aromatic rings. The molecule has 3 atom stereocenters. The summed E-state index contributed by atoms with van der Waals surface area (Å²) in [7, 11) is 0. The smallest absolute Gasteiger partial charge is 0.335 e. The summed E-state index contributed by atoms with van der Waals surface area (Å²) in [5.41, 5.74) is 1.26. The Kier molecular flexibility index (Phi) is 3.29. The number of fused-ring (bicyclic) bond motifs is 1. The Morgan fingerprint density at radius 2 is 1.87 bits per heavy atom. The Morgan fingerprint density at radius 3 is 2.52 bits per heavy atom. The van der Waals surface area contributed by atoms with Crippen molar-refractivity contribution in [2.45, 2.75) is 25.4 Å². The van der Waals surface area contributed by atoms with Crippen LogP contribution < -0.4 is 4.74 Å². The lowest BCUT2D eigenvalue weighted by molar-refractivity contribution is 0.0696. The second kappa shape index (κ2) is 5.33. The zero-order valence-electron chi connectivity index (χ0n) is 12.4. The molecule has 0 bridgehead atoms. The number of hydrogen-bond donors (Lipinski definition) is 1. The second-order valence-electron chi connectivity index (χ2n) is 6.23. The average molecular weight is 313 g/mol. The van der Waals surface area contributed by atoms with Gasteiger partial charge in [-0.2, -0.15) is 0 Å². The van der Waals surface area contributed by atoms with Crippen LogP contribution in [0.3, 0.4) is 0 Å². The van der Waals surface area contributed by atoms with Gasteiger partial charge < -0.3 is 9.84 Å². The zero-order valence-corrected chi connectivity index (χ0v) is 12.4. The third-order valence-electron chi connectivity index (χ3n) is 4.77. The Bertz CT molecular complexity index is 749. The molecule has 2 fully saturated rings. The number of carbonyl (C=O) groups is 1. The Balaban J connectivity index is 1.65. The molecule has 5 heteroatoms. The number of ether oxygens (including phenoxy) is 1.